The monoisotopic (exact) mass is 265 g/mol. The lowest BCUT2D eigenvalue weighted by Gasteiger charge is -2.20. The molecule has 0 aromatic heterocycles. The van der Waals surface area contributed by atoms with Crippen LogP contribution >= 0.6 is 0 Å². The minimum Gasteiger partial charge on any atom is -0.481 e. The van der Waals surface area contributed by atoms with Crippen LogP contribution < -0.4 is 5.32 Å². The van der Waals surface area contributed by atoms with E-state index in [0.29, 0.717) is 24.3 Å². The smallest absolute Gasteiger partial charge is 0.403 e. The molecule has 0 saturated heterocycles. The molecule has 0 aromatic rings. The van der Waals surface area contributed by atoms with Crippen molar-refractivity contribution in [1.29, 1.82) is 0 Å². The van der Waals surface area contributed by atoms with Gasteiger partial charge in [0.15, 0.2) is 5.92 Å². The summed E-state index contributed by atoms with van der Waals surface area (Å²) in [6, 6.07) is 0. The van der Waals surface area contributed by atoms with E-state index in [2.05, 4.69) is 5.32 Å². The number of carboxylic acid groups (broad SMARTS) is 1. The van der Waals surface area contributed by atoms with Crippen LogP contribution in [0.3, 0.4) is 0 Å². The topological polar surface area (TPSA) is 49.3 Å². The highest BCUT2D eigenvalue weighted by molar-refractivity contribution is 5.71. The first kappa shape index (κ1) is 13.6. The molecule has 2 N–H and O–H groups in total. The van der Waals surface area contributed by atoms with Crippen molar-refractivity contribution in [2.24, 2.45) is 23.7 Å². The molecule has 1 atom stereocenters. The Bertz CT molecular complexity index is 299. The molecular formula is C12H18F3NO2. The van der Waals surface area contributed by atoms with Gasteiger partial charge >= 0.3 is 12.1 Å². The lowest BCUT2D eigenvalue weighted by molar-refractivity contribution is -0.192. The SMILES string of the molecule is O=C(O)C(CNCC(C1CC1)C1CC1)C(F)(F)F. The Morgan fingerprint density at radius 1 is 1.17 bits per heavy atom. The standard InChI is InChI=1S/C12H18F3NO2/c13-12(14,15)10(11(17)18)6-16-5-9(7-1-2-7)8-3-4-8/h7-10,16H,1-6H2,(H,17,18). The van der Waals surface area contributed by atoms with Crippen molar-refractivity contribution in [1.82, 2.24) is 5.32 Å². The average Bonchev–Trinajstić information content (AvgIpc) is 3.10. The highest BCUT2D eigenvalue weighted by Crippen LogP contribution is 2.48. The number of alkyl halides is 3. The van der Waals surface area contributed by atoms with Gasteiger partial charge in [-0.3, -0.25) is 4.79 Å². The van der Waals surface area contributed by atoms with Gasteiger partial charge in [-0.05, 0) is 50.0 Å². The molecule has 0 aromatic carbocycles. The Hall–Kier alpha value is -0.780. The Kier molecular flexibility index (Phi) is 3.84. The van der Waals surface area contributed by atoms with Gasteiger partial charge in [0.2, 0.25) is 0 Å². The number of hydrogen-bond acceptors (Lipinski definition) is 2. The van der Waals surface area contributed by atoms with E-state index in [1.54, 1.807) is 0 Å². The normalized spacial score (nSPS) is 22.2. The van der Waals surface area contributed by atoms with Crippen molar-refractivity contribution >= 4 is 5.97 Å². The number of nitrogens with one attached hydrogen (secondary N) is 1. The molecule has 0 amide bonds. The largest absolute Gasteiger partial charge is 0.481 e. The van der Waals surface area contributed by atoms with E-state index in [0.717, 1.165) is 0 Å². The van der Waals surface area contributed by atoms with Crippen molar-refractivity contribution in [3.8, 4) is 0 Å². The van der Waals surface area contributed by atoms with Crippen molar-refractivity contribution in [3.63, 3.8) is 0 Å². The molecule has 0 bridgehead atoms. The van der Waals surface area contributed by atoms with Crippen molar-refractivity contribution in [3.05, 3.63) is 0 Å². The fraction of sp³-hybridized carbons (Fsp3) is 0.917. The van der Waals surface area contributed by atoms with Crippen LogP contribution in [0.2, 0.25) is 0 Å². The number of halogens is 3. The summed E-state index contributed by atoms with van der Waals surface area (Å²) in [5.41, 5.74) is 0. The molecule has 0 spiro atoms. The van der Waals surface area contributed by atoms with E-state index in [9.17, 15) is 18.0 Å². The summed E-state index contributed by atoms with van der Waals surface area (Å²) in [5.74, 6) is -2.34. The Morgan fingerprint density at radius 3 is 2.00 bits per heavy atom. The predicted molar refractivity (Wildman–Crippen MR) is 59.0 cm³/mol. The van der Waals surface area contributed by atoms with Gasteiger partial charge in [0.25, 0.3) is 0 Å². The van der Waals surface area contributed by atoms with E-state index in [-0.39, 0.29) is 0 Å². The van der Waals surface area contributed by atoms with Crippen LogP contribution in [0.25, 0.3) is 0 Å². The van der Waals surface area contributed by atoms with Gasteiger partial charge in [0.05, 0.1) is 0 Å². The van der Waals surface area contributed by atoms with Crippen LogP contribution in [0.15, 0.2) is 0 Å². The number of carboxylic acids is 1. The van der Waals surface area contributed by atoms with E-state index in [4.69, 9.17) is 5.11 Å². The van der Waals surface area contributed by atoms with Crippen LogP contribution in [0.4, 0.5) is 13.2 Å². The first-order chi connectivity index (χ1) is 8.39. The summed E-state index contributed by atoms with van der Waals surface area (Å²) in [7, 11) is 0. The molecule has 0 radical (unpaired) electrons. The summed E-state index contributed by atoms with van der Waals surface area (Å²) < 4.78 is 37.2. The van der Waals surface area contributed by atoms with Crippen molar-refractivity contribution in [2.75, 3.05) is 13.1 Å². The Balaban J connectivity index is 1.77. The molecule has 2 aliphatic carbocycles. The molecule has 0 heterocycles. The molecule has 3 nitrogen and oxygen atoms in total. The zero-order chi connectivity index (χ0) is 13.3. The summed E-state index contributed by atoms with van der Waals surface area (Å²) in [6.07, 6.45) is 0.0113. The first-order valence-corrected chi connectivity index (χ1v) is 6.40. The number of carbonyl (C=O) groups is 1. The number of hydrogen-bond donors (Lipinski definition) is 2. The van der Waals surface area contributed by atoms with Crippen LogP contribution in [-0.2, 0) is 4.79 Å². The van der Waals surface area contributed by atoms with Crippen LogP contribution in [0.1, 0.15) is 25.7 Å². The van der Waals surface area contributed by atoms with Gasteiger partial charge in [-0.1, -0.05) is 0 Å². The van der Waals surface area contributed by atoms with Gasteiger partial charge in [0, 0.05) is 6.54 Å². The number of rotatable bonds is 7. The van der Waals surface area contributed by atoms with Gasteiger partial charge in [0.1, 0.15) is 0 Å². The third kappa shape index (κ3) is 3.60. The lowest BCUT2D eigenvalue weighted by atomic mass is 9.97. The van der Waals surface area contributed by atoms with Gasteiger partial charge in [-0.25, -0.2) is 0 Å². The lowest BCUT2D eigenvalue weighted by Crippen LogP contribution is -2.40. The van der Waals surface area contributed by atoms with E-state index in [1.807, 2.05) is 0 Å². The maximum absolute atomic E-state index is 12.4. The maximum atomic E-state index is 12.4. The third-order valence-corrected chi connectivity index (χ3v) is 3.88. The average molecular weight is 265 g/mol. The summed E-state index contributed by atoms with van der Waals surface area (Å²) in [6.45, 7) is 0.00394. The van der Waals surface area contributed by atoms with Crippen molar-refractivity contribution in [2.45, 2.75) is 31.9 Å². The molecule has 2 saturated carbocycles. The summed E-state index contributed by atoms with van der Waals surface area (Å²) in [4.78, 5) is 10.6. The van der Waals surface area contributed by atoms with E-state index < -0.39 is 24.6 Å². The molecule has 1 unspecified atom stereocenters. The summed E-state index contributed by atoms with van der Waals surface area (Å²) >= 11 is 0. The van der Waals surface area contributed by atoms with E-state index >= 15 is 0 Å². The molecule has 2 fully saturated rings. The minimum atomic E-state index is -4.67. The molecule has 2 aliphatic rings. The fourth-order valence-electron chi connectivity index (χ4n) is 2.50. The molecule has 0 aliphatic heterocycles. The van der Waals surface area contributed by atoms with Gasteiger partial charge in [-0.15, -0.1) is 0 Å². The van der Waals surface area contributed by atoms with Gasteiger partial charge in [-0.2, -0.15) is 13.2 Å². The molecule has 6 heteroatoms. The minimum absolute atomic E-state index is 0.452. The zero-order valence-corrected chi connectivity index (χ0v) is 10.0. The second kappa shape index (κ2) is 5.07. The molecule has 104 valence electrons. The second-order valence-electron chi connectivity index (χ2n) is 5.43. The predicted octanol–water partition coefficient (Wildman–Crippen LogP) is 2.28. The van der Waals surface area contributed by atoms with Crippen molar-refractivity contribution < 1.29 is 23.1 Å². The Labute approximate surface area is 104 Å². The third-order valence-electron chi connectivity index (χ3n) is 3.88. The first-order valence-electron chi connectivity index (χ1n) is 6.40. The highest BCUT2D eigenvalue weighted by atomic mass is 19.4. The molecule has 18 heavy (non-hydrogen) atoms. The van der Waals surface area contributed by atoms with Gasteiger partial charge < -0.3 is 10.4 Å². The van der Waals surface area contributed by atoms with Crippen LogP contribution in [0.5, 0.6) is 0 Å². The number of aliphatic carboxylic acids is 1. The summed E-state index contributed by atoms with van der Waals surface area (Å²) in [5, 5.41) is 11.3. The van der Waals surface area contributed by atoms with E-state index in [1.165, 1.54) is 25.7 Å². The zero-order valence-electron chi connectivity index (χ0n) is 10.0. The fourth-order valence-corrected chi connectivity index (χ4v) is 2.50. The molecule has 2 rings (SSSR count). The quantitative estimate of drug-likeness (QED) is 0.742. The molecular weight excluding hydrogens is 247 g/mol. The van der Waals surface area contributed by atoms with Crippen LogP contribution in [-0.4, -0.2) is 30.3 Å². The Morgan fingerprint density at radius 2 is 1.67 bits per heavy atom. The second-order valence-corrected chi connectivity index (χ2v) is 5.43. The highest BCUT2D eigenvalue weighted by Gasteiger charge is 2.45. The maximum Gasteiger partial charge on any atom is 0.403 e. The van der Waals surface area contributed by atoms with Crippen LogP contribution in [0, 0.1) is 23.7 Å².